The molecule has 0 saturated heterocycles. The van der Waals surface area contributed by atoms with Crippen LogP contribution in [-0.4, -0.2) is 55.9 Å². The van der Waals surface area contributed by atoms with Gasteiger partial charge in [0.25, 0.3) is 5.91 Å². The summed E-state index contributed by atoms with van der Waals surface area (Å²) in [5.74, 6) is 0.876. The molecule has 2 aliphatic heterocycles. The number of hydrogen-bond acceptors (Lipinski definition) is 6. The Hall–Kier alpha value is -3.56. The first-order valence-corrected chi connectivity index (χ1v) is 14.1. The largest absolute Gasteiger partial charge is 0.348 e. The van der Waals surface area contributed by atoms with Crippen LogP contribution in [-0.2, 0) is 25.2 Å². The van der Waals surface area contributed by atoms with Gasteiger partial charge in [-0.3, -0.25) is 24.1 Å². The van der Waals surface area contributed by atoms with E-state index >= 15 is 0 Å². The summed E-state index contributed by atoms with van der Waals surface area (Å²) in [6.07, 6.45) is 9.18. The van der Waals surface area contributed by atoms with Crippen molar-refractivity contribution in [3.63, 3.8) is 0 Å². The average molecular weight is 561 g/mol. The molecular formula is C30H37ClN8O. The molecule has 0 fully saturated rings. The maximum absolute atomic E-state index is 12.7. The highest BCUT2D eigenvalue weighted by Gasteiger charge is 2.18. The Kier molecular flexibility index (Phi) is 8.05. The third-order valence-corrected chi connectivity index (χ3v) is 7.53. The number of carbonyl (C=O) groups is 1. The minimum atomic E-state index is -0.191. The van der Waals surface area contributed by atoms with E-state index in [1.807, 2.05) is 51.3 Å². The summed E-state index contributed by atoms with van der Waals surface area (Å²) >= 11 is 6.69. The van der Waals surface area contributed by atoms with Gasteiger partial charge in [-0.1, -0.05) is 30.7 Å². The van der Waals surface area contributed by atoms with E-state index in [0.717, 1.165) is 60.8 Å². The number of nitrogens with zero attached hydrogens (tertiary/aromatic N) is 7. The zero-order chi connectivity index (χ0) is 28.4. The number of amides is 1. The van der Waals surface area contributed by atoms with Crippen LogP contribution in [0, 0.1) is 5.92 Å². The van der Waals surface area contributed by atoms with Gasteiger partial charge in [0.15, 0.2) is 5.82 Å². The maximum Gasteiger partial charge on any atom is 0.254 e. The predicted molar refractivity (Wildman–Crippen MR) is 160 cm³/mol. The molecule has 40 heavy (non-hydrogen) atoms. The van der Waals surface area contributed by atoms with Crippen molar-refractivity contribution in [3.8, 4) is 0 Å². The normalized spacial score (nSPS) is 20.5. The molecule has 0 aliphatic carbocycles. The number of aromatic nitrogens is 4. The summed E-state index contributed by atoms with van der Waals surface area (Å²) < 4.78 is 3.84. The molecule has 0 bridgehead atoms. The molecule has 2 aliphatic rings. The lowest BCUT2D eigenvalue weighted by Crippen LogP contribution is -2.30. The SMILES string of the molecule is CC1C=N/C(c2ccc(CNC(=O)c3cnn(C(C)(C)C)c3)c(Cl)c2)=C\C(=Nc2cc3n(n2)CCN(C)C3)CC1. The minimum Gasteiger partial charge on any atom is -0.348 e. The molecule has 0 spiro atoms. The predicted octanol–water partition coefficient (Wildman–Crippen LogP) is 5.48. The number of benzene rings is 1. The molecule has 1 amide bonds. The summed E-state index contributed by atoms with van der Waals surface area (Å²) in [4.78, 5) is 24.7. The van der Waals surface area contributed by atoms with Crippen LogP contribution in [0.25, 0.3) is 5.70 Å². The Bertz CT molecular complexity index is 1490. The van der Waals surface area contributed by atoms with Gasteiger partial charge in [-0.2, -0.15) is 10.2 Å². The average Bonchev–Trinajstić information content (AvgIpc) is 3.54. The fraction of sp³-hybridized carbons (Fsp3) is 0.433. The summed E-state index contributed by atoms with van der Waals surface area (Å²) in [6.45, 7) is 11.3. The summed E-state index contributed by atoms with van der Waals surface area (Å²) in [5, 5.41) is 12.5. The highest BCUT2D eigenvalue weighted by Crippen LogP contribution is 2.27. The van der Waals surface area contributed by atoms with Crippen molar-refractivity contribution < 1.29 is 4.79 Å². The monoisotopic (exact) mass is 560 g/mol. The molecule has 1 atom stereocenters. The first-order valence-electron chi connectivity index (χ1n) is 13.8. The number of hydrogen-bond donors (Lipinski definition) is 1. The van der Waals surface area contributed by atoms with Gasteiger partial charge in [-0.05, 0) is 64.3 Å². The lowest BCUT2D eigenvalue weighted by Gasteiger charge is -2.22. The molecule has 3 aromatic rings. The number of carbonyl (C=O) groups excluding carboxylic acids is 1. The van der Waals surface area contributed by atoms with Gasteiger partial charge < -0.3 is 5.32 Å². The second-order valence-corrected chi connectivity index (χ2v) is 12.1. The van der Waals surface area contributed by atoms with Crippen molar-refractivity contribution in [2.75, 3.05) is 13.6 Å². The third-order valence-electron chi connectivity index (χ3n) is 7.18. The third kappa shape index (κ3) is 6.59. The fourth-order valence-electron chi connectivity index (χ4n) is 4.69. The summed E-state index contributed by atoms with van der Waals surface area (Å²) in [5.41, 5.74) is 4.99. The minimum absolute atomic E-state index is 0.189. The topological polar surface area (TPSA) is 92.7 Å². The zero-order valence-corrected chi connectivity index (χ0v) is 24.6. The number of halogens is 1. The number of aliphatic imine (C=N–C) groups is 2. The van der Waals surface area contributed by atoms with Crippen LogP contribution in [0.15, 0.2) is 52.7 Å². The molecule has 10 heteroatoms. The van der Waals surface area contributed by atoms with Crippen molar-refractivity contribution in [1.82, 2.24) is 29.8 Å². The Morgan fingerprint density at radius 3 is 2.80 bits per heavy atom. The smallest absolute Gasteiger partial charge is 0.254 e. The van der Waals surface area contributed by atoms with Crippen LogP contribution in [0.5, 0.6) is 0 Å². The van der Waals surface area contributed by atoms with E-state index in [9.17, 15) is 4.79 Å². The van der Waals surface area contributed by atoms with Crippen LogP contribution in [0.2, 0.25) is 5.02 Å². The Morgan fingerprint density at radius 1 is 1.23 bits per heavy atom. The van der Waals surface area contributed by atoms with Gasteiger partial charge in [-0.15, -0.1) is 0 Å². The summed E-state index contributed by atoms with van der Waals surface area (Å²) in [7, 11) is 2.12. The highest BCUT2D eigenvalue weighted by atomic mass is 35.5. The molecule has 0 radical (unpaired) electrons. The molecule has 210 valence electrons. The number of fused-ring (bicyclic) bond motifs is 1. The zero-order valence-electron chi connectivity index (χ0n) is 23.9. The van der Waals surface area contributed by atoms with Crippen LogP contribution < -0.4 is 5.32 Å². The molecule has 2 aromatic heterocycles. The van der Waals surface area contributed by atoms with Crippen LogP contribution in [0.4, 0.5) is 5.82 Å². The first-order chi connectivity index (χ1) is 19.0. The van der Waals surface area contributed by atoms with E-state index in [0.29, 0.717) is 23.0 Å². The quantitative estimate of drug-likeness (QED) is 0.447. The lowest BCUT2D eigenvalue weighted by atomic mass is 10.00. The molecule has 5 rings (SSSR count). The maximum atomic E-state index is 12.7. The van der Waals surface area contributed by atoms with Gasteiger partial charge in [0.2, 0.25) is 0 Å². The Morgan fingerprint density at radius 2 is 2.05 bits per heavy atom. The lowest BCUT2D eigenvalue weighted by molar-refractivity contribution is 0.0950. The number of rotatable bonds is 5. The van der Waals surface area contributed by atoms with Crippen molar-refractivity contribution in [2.45, 2.75) is 65.7 Å². The number of allylic oxidation sites excluding steroid dienone is 1. The van der Waals surface area contributed by atoms with E-state index < -0.39 is 0 Å². The number of nitrogens with one attached hydrogen (secondary N) is 1. The number of likely N-dealkylation sites (N-methyl/N-ethyl adjacent to an activating group) is 1. The fourth-order valence-corrected chi connectivity index (χ4v) is 4.94. The van der Waals surface area contributed by atoms with E-state index in [2.05, 4.69) is 40.0 Å². The van der Waals surface area contributed by atoms with Crippen molar-refractivity contribution in [2.24, 2.45) is 15.9 Å². The van der Waals surface area contributed by atoms with Gasteiger partial charge in [-0.25, -0.2) is 4.99 Å². The Labute approximate surface area is 240 Å². The van der Waals surface area contributed by atoms with Gasteiger partial charge >= 0.3 is 0 Å². The molecule has 1 N–H and O–H groups in total. The highest BCUT2D eigenvalue weighted by molar-refractivity contribution is 6.31. The molecule has 0 saturated carbocycles. The van der Waals surface area contributed by atoms with Crippen LogP contribution in [0.1, 0.15) is 67.7 Å². The van der Waals surface area contributed by atoms with E-state index in [4.69, 9.17) is 26.7 Å². The molecular weight excluding hydrogens is 524 g/mol. The van der Waals surface area contributed by atoms with Crippen molar-refractivity contribution in [3.05, 3.63) is 70.1 Å². The van der Waals surface area contributed by atoms with E-state index in [1.54, 1.807) is 17.1 Å². The molecule has 1 unspecified atom stereocenters. The van der Waals surface area contributed by atoms with E-state index in [-0.39, 0.29) is 11.4 Å². The molecule has 1 aromatic carbocycles. The van der Waals surface area contributed by atoms with Gasteiger partial charge in [0, 0.05) is 54.4 Å². The second-order valence-electron chi connectivity index (χ2n) is 11.7. The van der Waals surface area contributed by atoms with Crippen LogP contribution in [0.3, 0.4) is 0 Å². The van der Waals surface area contributed by atoms with E-state index in [1.165, 1.54) is 5.69 Å². The molecule has 9 nitrogen and oxygen atoms in total. The summed E-state index contributed by atoms with van der Waals surface area (Å²) in [6, 6.07) is 7.91. The molecule has 4 heterocycles. The first kappa shape index (κ1) is 28.0. The van der Waals surface area contributed by atoms with Crippen molar-refractivity contribution in [1.29, 1.82) is 0 Å². The van der Waals surface area contributed by atoms with Crippen LogP contribution >= 0.6 is 11.6 Å². The second kappa shape index (κ2) is 11.5. The Balaban J connectivity index is 1.33. The van der Waals surface area contributed by atoms with Crippen molar-refractivity contribution >= 4 is 40.9 Å². The standard InChI is InChI=1S/C30H37ClN8O/c1-20-6-9-24(35-28-14-25-19-37(5)10-11-38(25)36-28)13-27(32-15-20)21-7-8-22(26(31)12-21)16-33-29(40)23-17-34-39(18-23)30(2,3)4/h7-8,12-15,17-18,20H,6,9-11,16,19H2,1-5H3,(H,33,40)/b27-13-,32-15?,35-24?. The van der Waals surface area contributed by atoms with Gasteiger partial charge in [0.05, 0.1) is 35.2 Å². The van der Waals surface area contributed by atoms with Gasteiger partial charge in [0.1, 0.15) is 0 Å².